The van der Waals surface area contributed by atoms with E-state index in [2.05, 4.69) is 9.88 Å². The number of benzene rings is 1. The number of nitrogens with zero attached hydrogens (tertiary/aromatic N) is 6. The van der Waals surface area contributed by atoms with Crippen molar-refractivity contribution in [3.05, 3.63) is 65.5 Å². The van der Waals surface area contributed by atoms with E-state index in [1.54, 1.807) is 18.3 Å². The molecule has 8 nitrogen and oxygen atoms in total. The first-order chi connectivity index (χ1) is 15.6. The molecule has 32 heavy (non-hydrogen) atoms. The van der Waals surface area contributed by atoms with Crippen LogP contribution in [0, 0.1) is 11.3 Å². The number of pyridine rings is 1. The standard InChI is InChI=1S/C23H22N6O2S/c24-15-17-6-5-7-18(14-17)32(30,31)29-13-9-20-19(16-29)23(28-11-3-4-12-28)27-22(26-20)21-8-1-2-10-25-21/h1-2,5-8,10,14H,3-4,9,11-13,16H2. The summed E-state index contributed by atoms with van der Waals surface area (Å²) in [7, 11) is -3.74. The van der Waals surface area contributed by atoms with Crippen LogP contribution in [-0.4, -0.2) is 47.3 Å². The molecule has 0 unspecified atom stereocenters. The second-order valence-corrected chi connectivity index (χ2v) is 9.87. The van der Waals surface area contributed by atoms with Crippen molar-refractivity contribution in [2.75, 3.05) is 24.5 Å². The number of anilines is 1. The van der Waals surface area contributed by atoms with E-state index in [4.69, 9.17) is 15.2 Å². The van der Waals surface area contributed by atoms with Gasteiger partial charge in [-0.3, -0.25) is 4.98 Å². The van der Waals surface area contributed by atoms with E-state index in [-0.39, 0.29) is 11.4 Å². The molecule has 2 aliphatic rings. The molecular weight excluding hydrogens is 424 g/mol. The topological polar surface area (TPSA) is 103 Å². The van der Waals surface area contributed by atoms with Crippen LogP contribution in [0.2, 0.25) is 0 Å². The Morgan fingerprint density at radius 3 is 2.59 bits per heavy atom. The summed E-state index contributed by atoms with van der Waals surface area (Å²) in [6.45, 7) is 2.32. The van der Waals surface area contributed by atoms with Gasteiger partial charge in [-0.1, -0.05) is 12.1 Å². The highest BCUT2D eigenvalue weighted by molar-refractivity contribution is 7.89. The Balaban J connectivity index is 1.55. The maximum atomic E-state index is 13.3. The maximum Gasteiger partial charge on any atom is 0.243 e. The summed E-state index contributed by atoms with van der Waals surface area (Å²) in [5.74, 6) is 1.38. The monoisotopic (exact) mass is 446 g/mol. The van der Waals surface area contributed by atoms with Crippen molar-refractivity contribution in [2.45, 2.75) is 30.7 Å². The second kappa shape index (κ2) is 8.30. The number of aromatic nitrogens is 3. The fraction of sp³-hybridized carbons (Fsp3) is 0.304. The molecule has 0 saturated carbocycles. The first-order valence-corrected chi connectivity index (χ1v) is 12.1. The summed E-state index contributed by atoms with van der Waals surface area (Å²) in [6.07, 6.45) is 4.38. The van der Waals surface area contributed by atoms with E-state index in [0.717, 1.165) is 43.0 Å². The van der Waals surface area contributed by atoms with Crippen LogP contribution in [0.3, 0.4) is 0 Å². The Labute approximate surface area is 187 Å². The number of nitriles is 1. The summed E-state index contributed by atoms with van der Waals surface area (Å²) < 4.78 is 28.1. The first kappa shape index (κ1) is 20.5. The molecule has 0 bridgehead atoms. The fourth-order valence-electron chi connectivity index (χ4n) is 4.25. The van der Waals surface area contributed by atoms with Crippen molar-refractivity contribution in [1.29, 1.82) is 5.26 Å². The quantitative estimate of drug-likeness (QED) is 0.607. The highest BCUT2D eigenvalue weighted by Gasteiger charge is 2.33. The fourth-order valence-corrected chi connectivity index (χ4v) is 5.71. The largest absolute Gasteiger partial charge is 0.356 e. The molecule has 9 heteroatoms. The van der Waals surface area contributed by atoms with Crippen molar-refractivity contribution in [3.63, 3.8) is 0 Å². The van der Waals surface area contributed by atoms with Crippen molar-refractivity contribution in [2.24, 2.45) is 0 Å². The van der Waals surface area contributed by atoms with Crippen molar-refractivity contribution < 1.29 is 8.42 Å². The third kappa shape index (κ3) is 3.72. The molecule has 0 spiro atoms. The Morgan fingerprint density at radius 1 is 1.00 bits per heavy atom. The number of hydrogen-bond donors (Lipinski definition) is 0. The molecule has 1 fully saturated rings. The minimum absolute atomic E-state index is 0.133. The average molecular weight is 447 g/mol. The van der Waals surface area contributed by atoms with Crippen LogP contribution in [0.15, 0.2) is 53.6 Å². The van der Waals surface area contributed by atoms with Gasteiger partial charge in [0.15, 0.2) is 5.82 Å². The average Bonchev–Trinajstić information content (AvgIpc) is 3.38. The van der Waals surface area contributed by atoms with Gasteiger partial charge in [-0.05, 0) is 43.2 Å². The number of sulfonamides is 1. The van der Waals surface area contributed by atoms with Crippen LogP contribution in [-0.2, 0) is 23.0 Å². The van der Waals surface area contributed by atoms with Gasteiger partial charge in [-0.25, -0.2) is 18.4 Å². The Morgan fingerprint density at radius 2 is 1.84 bits per heavy atom. The molecular formula is C23H22N6O2S. The Bertz CT molecular complexity index is 1300. The third-order valence-corrected chi connectivity index (χ3v) is 7.75. The Kier molecular flexibility index (Phi) is 5.33. The molecule has 1 saturated heterocycles. The summed E-state index contributed by atoms with van der Waals surface area (Å²) in [5, 5.41) is 9.16. The first-order valence-electron chi connectivity index (χ1n) is 10.6. The highest BCUT2D eigenvalue weighted by atomic mass is 32.2. The highest BCUT2D eigenvalue weighted by Crippen LogP contribution is 2.33. The SMILES string of the molecule is N#Cc1cccc(S(=O)(=O)N2CCc3nc(-c4ccccn4)nc(N4CCCC4)c3C2)c1. The van der Waals surface area contributed by atoms with Gasteiger partial charge in [0.25, 0.3) is 0 Å². The van der Waals surface area contributed by atoms with Gasteiger partial charge in [-0.2, -0.15) is 9.57 Å². The molecule has 5 rings (SSSR count). The van der Waals surface area contributed by atoms with Crippen LogP contribution in [0.25, 0.3) is 11.5 Å². The predicted octanol–water partition coefficient (Wildman–Crippen LogP) is 2.76. The zero-order valence-corrected chi connectivity index (χ0v) is 18.3. The van der Waals surface area contributed by atoms with Crippen LogP contribution in [0.4, 0.5) is 5.82 Å². The minimum atomic E-state index is -3.74. The molecule has 0 aliphatic carbocycles. The zero-order valence-electron chi connectivity index (χ0n) is 17.5. The van der Waals surface area contributed by atoms with E-state index in [1.807, 2.05) is 24.3 Å². The lowest BCUT2D eigenvalue weighted by molar-refractivity contribution is 0.387. The Hall–Kier alpha value is -3.35. The molecule has 3 aromatic rings. The number of hydrogen-bond acceptors (Lipinski definition) is 7. The minimum Gasteiger partial charge on any atom is -0.356 e. The van der Waals surface area contributed by atoms with Gasteiger partial charge in [0.1, 0.15) is 11.5 Å². The lowest BCUT2D eigenvalue weighted by atomic mass is 10.1. The van der Waals surface area contributed by atoms with Gasteiger partial charge in [0.2, 0.25) is 10.0 Å². The van der Waals surface area contributed by atoms with Crippen LogP contribution >= 0.6 is 0 Å². The molecule has 4 heterocycles. The van der Waals surface area contributed by atoms with Gasteiger partial charge in [0.05, 0.1) is 22.2 Å². The van der Waals surface area contributed by atoms with Crippen molar-refractivity contribution in [3.8, 4) is 17.6 Å². The summed E-state index contributed by atoms with van der Waals surface area (Å²) in [5.41, 5.74) is 2.77. The van der Waals surface area contributed by atoms with E-state index >= 15 is 0 Å². The van der Waals surface area contributed by atoms with Gasteiger partial charge in [0, 0.05) is 44.4 Å². The molecule has 162 valence electrons. The molecule has 2 aliphatic heterocycles. The van der Waals surface area contributed by atoms with Gasteiger partial charge in [-0.15, -0.1) is 0 Å². The van der Waals surface area contributed by atoms with E-state index in [9.17, 15) is 8.42 Å². The third-order valence-electron chi connectivity index (χ3n) is 5.90. The van der Waals surface area contributed by atoms with Crippen LogP contribution in [0.5, 0.6) is 0 Å². The molecule has 0 N–H and O–H groups in total. The van der Waals surface area contributed by atoms with Crippen LogP contribution in [0.1, 0.15) is 29.7 Å². The summed E-state index contributed by atoms with van der Waals surface area (Å²) >= 11 is 0. The predicted molar refractivity (Wildman–Crippen MR) is 119 cm³/mol. The van der Waals surface area contributed by atoms with Crippen molar-refractivity contribution >= 4 is 15.8 Å². The normalized spacial score (nSPS) is 16.5. The van der Waals surface area contributed by atoms with Gasteiger partial charge < -0.3 is 4.90 Å². The molecule has 0 atom stereocenters. The summed E-state index contributed by atoms with van der Waals surface area (Å²) in [6, 6.07) is 13.8. The van der Waals surface area contributed by atoms with Gasteiger partial charge >= 0.3 is 0 Å². The molecule has 0 amide bonds. The smallest absolute Gasteiger partial charge is 0.243 e. The summed E-state index contributed by atoms with van der Waals surface area (Å²) in [4.78, 5) is 16.4. The molecule has 0 radical (unpaired) electrons. The number of rotatable bonds is 4. The molecule has 1 aromatic carbocycles. The van der Waals surface area contributed by atoms with E-state index < -0.39 is 10.0 Å². The van der Waals surface area contributed by atoms with Crippen LogP contribution < -0.4 is 4.90 Å². The lowest BCUT2D eigenvalue weighted by Crippen LogP contribution is -2.38. The number of fused-ring (bicyclic) bond motifs is 1. The maximum absolute atomic E-state index is 13.3. The van der Waals surface area contributed by atoms with Crippen molar-refractivity contribution in [1.82, 2.24) is 19.3 Å². The zero-order chi connectivity index (χ0) is 22.1. The second-order valence-electron chi connectivity index (χ2n) is 7.93. The van der Waals surface area contributed by atoms with E-state index in [1.165, 1.54) is 16.4 Å². The lowest BCUT2D eigenvalue weighted by Gasteiger charge is -2.31. The molecule has 2 aromatic heterocycles. The van der Waals surface area contributed by atoms with E-state index in [0.29, 0.717) is 30.0 Å².